The fraction of sp³-hybridized carbons (Fsp3) is 0.471. The van der Waals surface area contributed by atoms with Crippen molar-refractivity contribution in [3.05, 3.63) is 42.4 Å². The Hall–Kier alpha value is -1.77. The summed E-state index contributed by atoms with van der Waals surface area (Å²) in [7, 11) is 0. The highest BCUT2D eigenvalue weighted by atomic mass is 16.3. The molecule has 1 aliphatic rings. The largest absolute Gasteiger partial charge is 0.465 e. The molecule has 0 saturated carbocycles. The van der Waals surface area contributed by atoms with Crippen LogP contribution in [-0.4, -0.2) is 23.9 Å². The monoisotopic (exact) mass is 275 g/mol. The topological polar surface area (TPSA) is 33.5 Å². The van der Waals surface area contributed by atoms with E-state index in [2.05, 4.69) is 34.3 Å². The van der Waals surface area contributed by atoms with Gasteiger partial charge in [0, 0.05) is 18.7 Å². The molecule has 2 rings (SSSR count). The third-order valence-corrected chi connectivity index (χ3v) is 2.93. The van der Waals surface area contributed by atoms with Crippen LogP contribution in [0.25, 0.3) is 5.57 Å². The SMILES string of the molecule is C=CC(=O)N1CCC(C)=C(c2ccco2)C1.CC(C)C. The van der Waals surface area contributed by atoms with Crippen molar-refractivity contribution in [3.63, 3.8) is 0 Å². The van der Waals surface area contributed by atoms with Crippen LogP contribution in [0.5, 0.6) is 0 Å². The maximum Gasteiger partial charge on any atom is 0.246 e. The standard InChI is InChI=1S/C13H15NO2.C4H10/c1-3-13(15)14-7-6-10(2)11(9-14)12-5-4-8-16-12;1-4(2)3/h3-5,8H,1,6-7,9H2,2H3;4H,1-3H3. The molecule has 0 saturated heterocycles. The van der Waals surface area contributed by atoms with Gasteiger partial charge in [0.15, 0.2) is 0 Å². The summed E-state index contributed by atoms with van der Waals surface area (Å²) in [6, 6.07) is 3.80. The summed E-state index contributed by atoms with van der Waals surface area (Å²) in [6.45, 7) is 13.5. The Labute approximate surface area is 122 Å². The summed E-state index contributed by atoms with van der Waals surface area (Å²) in [6.07, 6.45) is 3.92. The summed E-state index contributed by atoms with van der Waals surface area (Å²) in [5.74, 6) is 1.68. The molecular formula is C17H25NO2. The summed E-state index contributed by atoms with van der Waals surface area (Å²) >= 11 is 0. The van der Waals surface area contributed by atoms with Crippen LogP contribution >= 0.6 is 0 Å². The minimum atomic E-state index is -0.0171. The molecule has 3 nitrogen and oxygen atoms in total. The first-order valence-electron chi connectivity index (χ1n) is 7.09. The average Bonchev–Trinajstić information content (AvgIpc) is 2.91. The fourth-order valence-electron chi connectivity index (χ4n) is 1.91. The molecule has 0 fully saturated rings. The Balaban J connectivity index is 0.000000444. The van der Waals surface area contributed by atoms with Crippen molar-refractivity contribution in [1.29, 1.82) is 0 Å². The third-order valence-electron chi connectivity index (χ3n) is 2.93. The molecule has 0 aromatic carbocycles. The van der Waals surface area contributed by atoms with Crippen LogP contribution in [0.3, 0.4) is 0 Å². The van der Waals surface area contributed by atoms with E-state index in [1.807, 2.05) is 12.1 Å². The van der Waals surface area contributed by atoms with Crippen LogP contribution in [0.1, 0.15) is 39.9 Å². The first-order valence-corrected chi connectivity index (χ1v) is 7.09. The fourth-order valence-corrected chi connectivity index (χ4v) is 1.91. The number of carbonyl (C=O) groups excluding carboxylic acids is 1. The van der Waals surface area contributed by atoms with Gasteiger partial charge >= 0.3 is 0 Å². The predicted octanol–water partition coefficient (Wildman–Crippen LogP) is 4.13. The minimum Gasteiger partial charge on any atom is -0.465 e. The first kappa shape index (κ1) is 16.3. The smallest absolute Gasteiger partial charge is 0.246 e. The summed E-state index contributed by atoms with van der Waals surface area (Å²) < 4.78 is 5.38. The van der Waals surface area contributed by atoms with Crippen molar-refractivity contribution >= 4 is 11.5 Å². The molecule has 0 bridgehead atoms. The second-order valence-electron chi connectivity index (χ2n) is 5.68. The predicted molar refractivity (Wildman–Crippen MR) is 83.2 cm³/mol. The number of furan rings is 1. The average molecular weight is 275 g/mol. The van der Waals surface area contributed by atoms with Crippen molar-refractivity contribution in [2.75, 3.05) is 13.1 Å². The highest BCUT2D eigenvalue weighted by molar-refractivity contribution is 5.89. The normalized spacial score (nSPS) is 14.9. The van der Waals surface area contributed by atoms with Gasteiger partial charge in [-0.05, 0) is 37.5 Å². The van der Waals surface area contributed by atoms with Gasteiger partial charge < -0.3 is 9.32 Å². The molecule has 1 amide bonds. The van der Waals surface area contributed by atoms with E-state index in [9.17, 15) is 4.79 Å². The quantitative estimate of drug-likeness (QED) is 0.760. The highest BCUT2D eigenvalue weighted by Gasteiger charge is 2.21. The molecule has 0 radical (unpaired) electrons. The van der Waals surface area contributed by atoms with E-state index in [0.29, 0.717) is 6.54 Å². The van der Waals surface area contributed by atoms with E-state index in [1.165, 1.54) is 11.6 Å². The van der Waals surface area contributed by atoms with Crippen molar-refractivity contribution in [2.45, 2.75) is 34.1 Å². The summed E-state index contributed by atoms with van der Waals surface area (Å²) in [5.41, 5.74) is 2.41. The summed E-state index contributed by atoms with van der Waals surface area (Å²) in [5, 5.41) is 0. The number of nitrogens with zero attached hydrogens (tertiary/aromatic N) is 1. The van der Waals surface area contributed by atoms with Crippen LogP contribution in [-0.2, 0) is 4.79 Å². The number of hydrogen-bond donors (Lipinski definition) is 0. The molecule has 0 aliphatic carbocycles. The Morgan fingerprint density at radius 1 is 1.45 bits per heavy atom. The summed E-state index contributed by atoms with van der Waals surface area (Å²) in [4.78, 5) is 13.3. The molecule has 3 heteroatoms. The molecule has 2 heterocycles. The second kappa shape index (κ2) is 7.73. The van der Waals surface area contributed by atoms with Crippen molar-refractivity contribution in [2.24, 2.45) is 5.92 Å². The van der Waals surface area contributed by atoms with Gasteiger partial charge in [0.2, 0.25) is 5.91 Å². The lowest BCUT2D eigenvalue weighted by molar-refractivity contribution is -0.125. The second-order valence-corrected chi connectivity index (χ2v) is 5.68. The zero-order valence-corrected chi connectivity index (χ0v) is 13.0. The minimum absolute atomic E-state index is 0.0171. The van der Waals surface area contributed by atoms with Gasteiger partial charge in [0.05, 0.1) is 6.26 Å². The van der Waals surface area contributed by atoms with Crippen molar-refractivity contribution in [1.82, 2.24) is 4.90 Å². The molecule has 0 N–H and O–H groups in total. The Bertz CT molecular complexity index is 466. The lowest BCUT2D eigenvalue weighted by Crippen LogP contribution is -2.35. The molecule has 1 aromatic heterocycles. The van der Waals surface area contributed by atoms with E-state index in [-0.39, 0.29) is 5.91 Å². The van der Waals surface area contributed by atoms with Gasteiger partial charge in [-0.25, -0.2) is 0 Å². The molecule has 1 aromatic rings. The van der Waals surface area contributed by atoms with E-state index in [4.69, 9.17) is 4.42 Å². The molecule has 110 valence electrons. The zero-order chi connectivity index (χ0) is 15.1. The van der Waals surface area contributed by atoms with Crippen LogP contribution < -0.4 is 0 Å². The van der Waals surface area contributed by atoms with Crippen molar-refractivity contribution in [3.8, 4) is 0 Å². The number of amides is 1. The van der Waals surface area contributed by atoms with Gasteiger partial charge in [-0.3, -0.25) is 4.79 Å². The van der Waals surface area contributed by atoms with E-state index in [1.54, 1.807) is 11.2 Å². The Morgan fingerprint density at radius 2 is 2.10 bits per heavy atom. The van der Waals surface area contributed by atoms with Gasteiger partial charge in [0.1, 0.15) is 5.76 Å². The van der Waals surface area contributed by atoms with E-state index >= 15 is 0 Å². The molecule has 1 aliphatic heterocycles. The van der Waals surface area contributed by atoms with Crippen LogP contribution in [0.4, 0.5) is 0 Å². The van der Waals surface area contributed by atoms with Gasteiger partial charge in [-0.15, -0.1) is 0 Å². The third kappa shape index (κ3) is 4.72. The molecule has 0 atom stereocenters. The Kier molecular flexibility index (Phi) is 6.29. The van der Waals surface area contributed by atoms with Crippen molar-refractivity contribution < 1.29 is 9.21 Å². The van der Waals surface area contributed by atoms with Crippen LogP contribution in [0, 0.1) is 5.92 Å². The van der Waals surface area contributed by atoms with Crippen LogP contribution in [0.2, 0.25) is 0 Å². The molecule has 0 spiro atoms. The van der Waals surface area contributed by atoms with Gasteiger partial charge in [0.25, 0.3) is 0 Å². The lowest BCUT2D eigenvalue weighted by atomic mass is 9.99. The molecule has 0 unspecified atom stereocenters. The lowest BCUT2D eigenvalue weighted by Gasteiger charge is -2.28. The first-order chi connectivity index (χ1) is 9.45. The maximum atomic E-state index is 11.5. The van der Waals surface area contributed by atoms with Gasteiger partial charge in [-0.2, -0.15) is 0 Å². The number of carbonyl (C=O) groups is 1. The zero-order valence-electron chi connectivity index (χ0n) is 13.0. The Morgan fingerprint density at radius 3 is 2.60 bits per heavy atom. The number of hydrogen-bond acceptors (Lipinski definition) is 2. The maximum absolute atomic E-state index is 11.5. The highest BCUT2D eigenvalue weighted by Crippen LogP contribution is 2.26. The molecular weight excluding hydrogens is 250 g/mol. The van der Waals surface area contributed by atoms with Crippen LogP contribution in [0.15, 0.2) is 41.0 Å². The van der Waals surface area contributed by atoms with Gasteiger partial charge in [-0.1, -0.05) is 32.9 Å². The van der Waals surface area contributed by atoms with E-state index < -0.39 is 0 Å². The number of rotatable bonds is 2. The molecule has 20 heavy (non-hydrogen) atoms. The van der Waals surface area contributed by atoms with E-state index in [0.717, 1.165) is 30.2 Å².